The molecular weight excluding hydrogens is 234 g/mol. The minimum atomic E-state index is -0.456. The lowest BCUT2D eigenvalue weighted by atomic mass is 10.1. The molecule has 1 atom stereocenters. The van der Waals surface area contributed by atoms with Crippen LogP contribution in [-0.2, 0) is 6.54 Å². The first-order valence-electron chi connectivity index (χ1n) is 6.64. The molecule has 0 fully saturated rings. The van der Waals surface area contributed by atoms with Gasteiger partial charge in [-0.15, -0.1) is 0 Å². The first-order valence-corrected chi connectivity index (χ1v) is 6.64. The largest absolute Gasteiger partial charge is 0.389 e. The zero-order chi connectivity index (χ0) is 13.8. The third kappa shape index (κ3) is 3.58. The predicted octanol–water partition coefficient (Wildman–Crippen LogP) is 3.97. The fraction of sp³-hybridized carbons (Fsp3) is 0.294. The fourth-order valence-corrected chi connectivity index (χ4v) is 2.39. The van der Waals surface area contributed by atoms with Crippen LogP contribution in [0.4, 0.5) is 5.69 Å². The summed E-state index contributed by atoms with van der Waals surface area (Å²) in [5.41, 5.74) is 5.75. The molecule has 2 rings (SSSR count). The van der Waals surface area contributed by atoms with Gasteiger partial charge in [-0.25, -0.2) is 0 Å². The molecule has 0 amide bonds. The van der Waals surface area contributed by atoms with E-state index in [0.717, 1.165) is 17.8 Å². The summed E-state index contributed by atoms with van der Waals surface area (Å²) in [6.07, 6.45) is -0.456. The van der Waals surface area contributed by atoms with Gasteiger partial charge in [-0.2, -0.15) is 0 Å². The van der Waals surface area contributed by atoms with Crippen molar-refractivity contribution in [1.82, 2.24) is 0 Å². The summed E-state index contributed by atoms with van der Waals surface area (Å²) >= 11 is 0. The Balaban J connectivity index is 2.14. The van der Waals surface area contributed by atoms with Gasteiger partial charge in [0.25, 0.3) is 0 Å². The molecule has 0 aromatic heterocycles. The molecule has 2 aromatic rings. The zero-order valence-electron chi connectivity index (χ0n) is 11.8. The zero-order valence-corrected chi connectivity index (χ0v) is 11.8. The van der Waals surface area contributed by atoms with E-state index < -0.39 is 6.10 Å². The molecule has 2 nitrogen and oxygen atoms in total. The fourth-order valence-electron chi connectivity index (χ4n) is 2.39. The highest BCUT2D eigenvalue weighted by molar-refractivity contribution is 5.52. The van der Waals surface area contributed by atoms with Crippen LogP contribution in [0.1, 0.15) is 35.3 Å². The molecule has 0 spiro atoms. The Bertz CT molecular complexity index is 541. The lowest BCUT2D eigenvalue weighted by molar-refractivity contribution is 0.200. The number of anilines is 1. The molecule has 19 heavy (non-hydrogen) atoms. The van der Waals surface area contributed by atoms with Crippen LogP contribution in [-0.4, -0.2) is 5.11 Å². The number of para-hydroxylation sites is 1. The van der Waals surface area contributed by atoms with E-state index in [0.29, 0.717) is 0 Å². The smallest absolute Gasteiger partial charge is 0.0781 e. The molecule has 100 valence electrons. The third-order valence-corrected chi connectivity index (χ3v) is 3.18. The standard InChI is InChI=1S/C17H21NO/c1-12-8-13(2)10-15(9-12)11-18-17-7-5-4-6-16(17)14(3)19/h4-10,14,18-19H,11H2,1-3H3. The van der Waals surface area contributed by atoms with E-state index in [9.17, 15) is 5.11 Å². The van der Waals surface area contributed by atoms with Crippen LogP contribution in [0.5, 0.6) is 0 Å². The lowest BCUT2D eigenvalue weighted by Crippen LogP contribution is -2.04. The Hall–Kier alpha value is -1.80. The van der Waals surface area contributed by atoms with Crippen LogP contribution in [0.3, 0.4) is 0 Å². The maximum Gasteiger partial charge on any atom is 0.0781 e. The van der Waals surface area contributed by atoms with E-state index in [1.807, 2.05) is 24.3 Å². The highest BCUT2D eigenvalue weighted by atomic mass is 16.3. The van der Waals surface area contributed by atoms with Crippen molar-refractivity contribution in [3.63, 3.8) is 0 Å². The van der Waals surface area contributed by atoms with E-state index in [2.05, 4.69) is 37.4 Å². The van der Waals surface area contributed by atoms with E-state index >= 15 is 0 Å². The molecule has 0 saturated heterocycles. The molecule has 1 unspecified atom stereocenters. The number of hydrogen-bond donors (Lipinski definition) is 2. The van der Waals surface area contributed by atoms with Crippen molar-refractivity contribution in [2.24, 2.45) is 0 Å². The minimum Gasteiger partial charge on any atom is -0.389 e. The lowest BCUT2D eigenvalue weighted by Gasteiger charge is -2.14. The van der Waals surface area contributed by atoms with E-state index in [-0.39, 0.29) is 0 Å². The highest BCUT2D eigenvalue weighted by Crippen LogP contribution is 2.23. The summed E-state index contributed by atoms with van der Waals surface area (Å²) in [5.74, 6) is 0. The molecular formula is C17H21NO. The van der Waals surface area contributed by atoms with Crippen molar-refractivity contribution in [3.8, 4) is 0 Å². The molecule has 2 N–H and O–H groups in total. The van der Waals surface area contributed by atoms with E-state index in [1.54, 1.807) is 6.92 Å². The Kier molecular flexibility index (Phi) is 4.23. The predicted molar refractivity (Wildman–Crippen MR) is 80.3 cm³/mol. The number of benzene rings is 2. The van der Waals surface area contributed by atoms with Crippen LogP contribution >= 0.6 is 0 Å². The second-order valence-corrected chi connectivity index (χ2v) is 5.11. The topological polar surface area (TPSA) is 32.3 Å². The molecule has 2 heteroatoms. The van der Waals surface area contributed by atoms with Crippen LogP contribution < -0.4 is 5.32 Å². The number of aryl methyl sites for hydroxylation is 2. The van der Waals surface area contributed by atoms with Gasteiger partial charge in [0.2, 0.25) is 0 Å². The summed E-state index contributed by atoms with van der Waals surface area (Å²) in [4.78, 5) is 0. The number of aliphatic hydroxyl groups excluding tert-OH is 1. The molecule has 0 aliphatic rings. The molecule has 0 bridgehead atoms. The van der Waals surface area contributed by atoms with Gasteiger partial charge in [0.15, 0.2) is 0 Å². The average Bonchev–Trinajstić information content (AvgIpc) is 2.35. The molecule has 0 radical (unpaired) electrons. The summed E-state index contributed by atoms with van der Waals surface area (Å²) in [6, 6.07) is 14.4. The van der Waals surface area contributed by atoms with Crippen molar-refractivity contribution in [1.29, 1.82) is 0 Å². The van der Waals surface area contributed by atoms with Crippen LogP contribution in [0, 0.1) is 13.8 Å². The second kappa shape index (κ2) is 5.89. The monoisotopic (exact) mass is 255 g/mol. The normalized spacial score (nSPS) is 12.2. The van der Waals surface area contributed by atoms with Crippen molar-refractivity contribution >= 4 is 5.69 Å². The summed E-state index contributed by atoms with van der Waals surface area (Å²) in [6.45, 7) is 6.78. The number of hydrogen-bond acceptors (Lipinski definition) is 2. The maximum atomic E-state index is 9.75. The van der Waals surface area contributed by atoms with Gasteiger partial charge in [0, 0.05) is 17.8 Å². The molecule has 0 aliphatic carbocycles. The van der Waals surface area contributed by atoms with Crippen molar-refractivity contribution in [3.05, 3.63) is 64.7 Å². The first-order chi connectivity index (χ1) is 9.06. The van der Waals surface area contributed by atoms with Gasteiger partial charge >= 0.3 is 0 Å². The Morgan fingerprint density at radius 1 is 1.05 bits per heavy atom. The van der Waals surface area contributed by atoms with E-state index in [4.69, 9.17) is 0 Å². The number of aliphatic hydroxyl groups is 1. The van der Waals surface area contributed by atoms with Gasteiger partial charge in [-0.1, -0.05) is 47.5 Å². The second-order valence-electron chi connectivity index (χ2n) is 5.11. The SMILES string of the molecule is Cc1cc(C)cc(CNc2ccccc2C(C)O)c1. The van der Waals surface area contributed by atoms with Crippen LogP contribution in [0.25, 0.3) is 0 Å². The van der Waals surface area contributed by atoms with Crippen LogP contribution in [0.2, 0.25) is 0 Å². The van der Waals surface area contributed by atoms with Crippen molar-refractivity contribution in [2.75, 3.05) is 5.32 Å². The van der Waals surface area contributed by atoms with Gasteiger partial charge in [-0.05, 0) is 32.4 Å². The quantitative estimate of drug-likeness (QED) is 0.866. The van der Waals surface area contributed by atoms with Gasteiger partial charge in [0.05, 0.1) is 6.10 Å². The summed E-state index contributed by atoms with van der Waals surface area (Å²) in [5, 5.41) is 13.2. The maximum absolute atomic E-state index is 9.75. The first kappa shape index (κ1) is 13.6. The Morgan fingerprint density at radius 2 is 1.68 bits per heavy atom. The number of nitrogens with one attached hydrogen (secondary N) is 1. The minimum absolute atomic E-state index is 0.456. The summed E-state index contributed by atoms with van der Waals surface area (Å²) in [7, 11) is 0. The molecule has 0 saturated carbocycles. The van der Waals surface area contributed by atoms with Crippen LogP contribution in [0.15, 0.2) is 42.5 Å². The van der Waals surface area contributed by atoms with Gasteiger partial charge < -0.3 is 10.4 Å². The molecule has 0 heterocycles. The number of rotatable bonds is 4. The highest BCUT2D eigenvalue weighted by Gasteiger charge is 2.06. The Morgan fingerprint density at radius 3 is 2.32 bits per heavy atom. The van der Waals surface area contributed by atoms with Crippen molar-refractivity contribution in [2.45, 2.75) is 33.4 Å². The molecule has 0 aliphatic heterocycles. The van der Waals surface area contributed by atoms with E-state index in [1.165, 1.54) is 16.7 Å². The molecule has 2 aromatic carbocycles. The summed E-state index contributed by atoms with van der Waals surface area (Å²) < 4.78 is 0. The average molecular weight is 255 g/mol. The van der Waals surface area contributed by atoms with Crippen molar-refractivity contribution < 1.29 is 5.11 Å². The Labute approximate surface area is 115 Å². The van der Waals surface area contributed by atoms with Gasteiger partial charge in [-0.3, -0.25) is 0 Å². The third-order valence-electron chi connectivity index (χ3n) is 3.18. The van der Waals surface area contributed by atoms with Gasteiger partial charge in [0.1, 0.15) is 0 Å².